The highest BCUT2D eigenvalue weighted by Gasteiger charge is 2.55. The number of carbonyl (C=O) groups is 8. The zero-order chi connectivity index (χ0) is 51.2. The molecule has 1 aromatic carbocycles. The van der Waals surface area contributed by atoms with E-state index in [-0.39, 0.29) is 42.6 Å². The molecule has 2 aromatic heterocycles. The highest BCUT2D eigenvalue weighted by atomic mass is 16.7. The predicted octanol–water partition coefficient (Wildman–Crippen LogP) is 1.35. The molecule has 4 heterocycles. The van der Waals surface area contributed by atoms with Gasteiger partial charge in [0.05, 0.1) is 18.9 Å². The van der Waals surface area contributed by atoms with E-state index in [1.54, 1.807) is 12.1 Å². The van der Waals surface area contributed by atoms with Crippen LogP contribution in [0.3, 0.4) is 0 Å². The molecule has 0 saturated carbocycles. The number of rotatable bonds is 20. The summed E-state index contributed by atoms with van der Waals surface area (Å²) in [5.41, 5.74) is 9.87. The highest BCUT2D eigenvalue weighted by Crippen LogP contribution is 2.36. The summed E-state index contributed by atoms with van der Waals surface area (Å²) < 4.78 is 69.8. The number of nitrogens with zero attached hydrogens (tertiary/aromatic N) is 9. The molecule has 3 aromatic rings. The monoisotopic (exact) mass is 987 g/mol. The van der Waals surface area contributed by atoms with Crippen molar-refractivity contribution in [2.24, 2.45) is 5.11 Å². The molecule has 378 valence electrons. The number of azide groups is 1. The standard InChI is InChI=1S/C41H49N9O20/c1-19(51)59-17-32-34(63-21(3)53)36(65-23(5)55)38(67-25(7)57)40(69-32)49-13-28(44-47-49)15-61-30-9-27(12-43-46-42)10-31(11-30)62-16-29-14-50(48-45-29)41-39(68-26(8)58)37(66-24(6)56)35(64-22(4)54)33(70-41)18-60-20(2)52/h9-11,13-14,32-41H,12,15-18H2,1-8H3/t32-,33-,34-,35-,36+,37+,38-,39-,40-,41-/m1/s1. The van der Waals surface area contributed by atoms with E-state index in [2.05, 4.69) is 30.7 Å². The Kier molecular flexibility index (Phi) is 18.5. The number of hydrogen-bond acceptors (Lipinski definition) is 25. The molecular formula is C41H49N9O20. The summed E-state index contributed by atoms with van der Waals surface area (Å²) in [5, 5.41) is 20.1. The normalized spacial score (nSPS) is 23.8. The van der Waals surface area contributed by atoms with Crippen molar-refractivity contribution in [3.8, 4) is 11.5 Å². The van der Waals surface area contributed by atoms with Gasteiger partial charge in [0.2, 0.25) is 0 Å². The van der Waals surface area contributed by atoms with Crippen molar-refractivity contribution in [1.29, 1.82) is 0 Å². The Morgan fingerprint density at radius 1 is 0.543 bits per heavy atom. The van der Waals surface area contributed by atoms with Gasteiger partial charge >= 0.3 is 47.8 Å². The van der Waals surface area contributed by atoms with Crippen molar-refractivity contribution >= 4 is 47.8 Å². The van der Waals surface area contributed by atoms with Crippen LogP contribution >= 0.6 is 0 Å². The van der Waals surface area contributed by atoms with Crippen LogP contribution in [0.5, 0.6) is 11.5 Å². The van der Waals surface area contributed by atoms with Gasteiger partial charge in [-0.05, 0) is 23.2 Å². The molecule has 0 N–H and O–H groups in total. The van der Waals surface area contributed by atoms with Gasteiger partial charge in [0, 0.05) is 66.4 Å². The van der Waals surface area contributed by atoms with Crippen molar-refractivity contribution in [1.82, 2.24) is 30.0 Å². The molecular weight excluding hydrogens is 938 g/mol. The zero-order valence-electron chi connectivity index (χ0n) is 38.9. The number of ether oxygens (including phenoxy) is 12. The lowest BCUT2D eigenvalue weighted by Crippen LogP contribution is -2.60. The number of hydrogen-bond donors (Lipinski definition) is 0. The quantitative estimate of drug-likeness (QED) is 0.0507. The first kappa shape index (κ1) is 53.1. The van der Waals surface area contributed by atoms with E-state index in [0.717, 1.165) is 64.8 Å². The molecule has 0 spiro atoms. The topological polar surface area (TPSA) is 357 Å². The Balaban J connectivity index is 1.37. The molecule has 0 amide bonds. The lowest BCUT2D eigenvalue weighted by atomic mass is 9.97. The maximum atomic E-state index is 12.3. The largest absolute Gasteiger partial charge is 0.487 e. The molecule has 10 atom stereocenters. The van der Waals surface area contributed by atoms with Crippen LogP contribution in [0, 0.1) is 0 Å². The third-order valence-corrected chi connectivity index (χ3v) is 9.60. The Labute approximate surface area is 396 Å². The van der Waals surface area contributed by atoms with Gasteiger partial charge in [-0.1, -0.05) is 15.5 Å². The van der Waals surface area contributed by atoms with Crippen LogP contribution < -0.4 is 9.47 Å². The van der Waals surface area contributed by atoms with E-state index in [0.29, 0.717) is 5.56 Å². The van der Waals surface area contributed by atoms with Gasteiger partial charge in [0.25, 0.3) is 0 Å². The first-order chi connectivity index (χ1) is 33.2. The van der Waals surface area contributed by atoms with Crippen molar-refractivity contribution < 1.29 is 95.2 Å². The van der Waals surface area contributed by atoms with Crippen LogP contribution in [0.1, 0.15) is 84.8 Å². The first-order valence-corrected chi connectivity index (χ1v) is 21.0. The second-order valence-electron chi connectivity index (χ2n) is 15.3. The second kappa shape index (κ2) is 24.4. The van der Waals surface area contributed by atoms with E-state index >= 15 is 0 Å². The molecule has 29 nitrogen and oxygen atoms in total. The molecule has 29 heteroatoms. The van der Waals surface area contributed by atoms with Crippen molar-refractivity contribution in [2.75, 3.05) is 13.2 Å². The summed E-state index contributed by atoms with van der Waals surface area (Å²) in [7, 11) is 0. The van der Waals surface area contributed by atoms with Crippen LogP contribution in [-0.4, -0.2) is 140 Å². The minimum atomic E-state index is -1.46. The van der Waals surface area contributed by atoms with Crippen molar-refractivity contribution in [3.63, 3.8) is 0 Å². The molecule has 2 saturated heterocycles. The lowest BCUT2D eigenvalue weighted by molar-refractivity contribution is -0.270. The van der Waals surface area contributed by atoms with Crippen LogP contribution in [0.2, 0.25) is 0 Å². The number of carbonyl (C=O) groups excluding carboxylic acids is 8. The van der Waals surface area contributed by atoms with E-state index < -0.39 is 122 Å². The highest BCUT2D eigenvalue weighted by molar-refractivity contribution is 5.70. The van der Waals surface area contributed by atoms with Gasteiger partial charge in [-0.2, -0.15) is 0 Å². The van der Waals surface area contributed by atoms with E-state index in [1.807, 2.05) is 0 Å². The molecule has 5 rings (SSSR count). The van der Waals surface area contributed by atoms with Crippen molar-refractivity contribution in [2.45, 2.75) is 136 Å². The third-order valence-electron chi connectivity index (χ3n) is 9.60. The average Bonchev–Trinajstić information content (AvgIpc) is 3.95. The number of aromatic nitrogens is 6. The summed E-state index contributed by atoms with van der Waals surface area (Å²) in [6.07, 6.45) is -11.1. The summed E-state index contributed by atoms with van der Waals surface area (Å²) in [4.78, 5) is 99.8. The third kappa shape index (κ3) is 15.0. The molecule has 70 heavy (non-hydrogen) atoms. The summed E-state index contributed by atoms with van der Waals surface area (Å²) in [5.74, 6) is -5.86. The van der Waals surface area contributed by atoms with Crippen LogP contribution in [0.4, 0.5) is 0 Å². The maximum absolute atomic E-state index is 12.3. The van der Waals surface area contributed by atoms with Crippen LogP contribution in [0.15, 0.2) is 35.7 Å². The van der Waals surface area contributed by atoms with Gasteiger partial charge in [-0.25, -0.2) is 9.36 Å². The smallest absolute Gasteiger partial charge is 0.303 e. The van der Waals surface area contributed by atoms with Crippen LogP contribution in [-0.2, 0) is 105 Å². The van der Waals surface area contributed by atoms with Crippen molar-refractivity contribution in [3.05, 3.63) is 58.0 Å². The van der Waals surface area contributed by atoms with Gasteiger partial charge in [-0.15, -0.1) is 10.2 Å². The van der Waals surface area contributed by atoms with E-state index in [9.17, 15) is 38.4 Å². The Morgan fingerprint density at radius 2 is 0.900 bits per heavy atom. The summed E-state index contributed by atoms with van der Waals surface area (Å²) in [6, 6.07) is 4.62. The minimum Gasteiger partial charge on any atom is -0.487 e. The molecule has 0 bridgehead atoms. The molecule has 0 aliphatic carbocycles. The summed E-state index contributed by atoms with van der Waals surface area (Å²) >= 11 is 0. The minimum absolute atomic E-state index is 0.123. The van der Waals surface area contributed by atoms with Gasteiger partial charge in [-0.3, -0.25) is 38.4 Å². The SMILES string of the molecule is CC(=O)OC[C@H]1O[C@@H](n2cc(COc3cc(CN=[N+]=[N-])cc(OCc4cn([C@@H]5O[C@H](COC(C)=O)[C@@H](OC(C)=O)[C@H](OC(C)=O)[C@H]5OC(C)=O)nn4)c3)nn2)[C@H](OC(C)=O)[C@@H](OC(C)=O)[C@@H]1OC(C)=O. The molecule has 2 aliphatic heterocycles. The van der Waals surface area contributed by atoms with Gasteiger partial charge < -0.3 is 56.8 Å². The fourth-order valence-electron chi connectivity index (χ4n) is 7.16. The average molecular weight is 988 g/mol. The fraction of sp³-hybridized carbons (Fsp3) is 0.561. The Bertz CT molecular complexity index is 2300. The molecule has 2 fully saturated rings. The van der Waals surface area contributed by atoms with Crippen LogP contribution in [0.25, 0.3) is 10.4 Å². The van der Waals surface area contributed by atoms with Gasteiger partial charge in [0.15, 0.2) is 49.1 Å². The molecule has 2 aliphatic rings. The first-order valence-electron chi connectivity index (χ1n) is 21.0. The number of benzene rings is 1. The fourth-order valence-corrected chi connectivity index (χ4v) is 7.16. The summed E-state index contributed by atoms with van der Waals surface area (Å²) in [6.45, 7) is 7.30. The van der Waals surface area contributed by atoms with Gasteiger partial charge in [0.1, 0.15) is 61.5 Å². The zero-order valence-corrected chi connectivity index (χ0v) is 38.9. The Morgan fingerprint density at radius 3 is 1.24 bits per heavy atom. The Hall–Kier alpha value is -7.91. The predicted molar refractivity (Wildman–Crippen MR) is 222 cm³/mol. The van der Waals surface area contributed by atoms with E-state index in [1.165, 1.54) is 18.5 Å². The van der Waals surface area contributed by atoms with E-state index in [4.69, 9.17) is 62.4 Å². The number of esters is 8. The lowest BCUT2D eigenvalue weighted by Gasteiger charge is -2.44. The molecule has 0 radical (unpaired) electrons. The second-order valence-corrected chi connectivity index (χ2v) is 15.3. The molecule has 0 unspecified atom stereocenters. The maximum Gasteiger partial charge on any atom is 0.303 e.